The summed E-state index contributed by atoms with van der Waals surface area (Å²) in [5.74, 6) is 0. The minimum atomic E-state index is -0.954. The maximum Gasteiger partial charge on any atom is 0.100 e. The molecule has 0 aliphatic rings. The smallest absolute Gasteiger partial charge is 0.100 e. The molecular formula is C3H14O3. The Balaban J connectivity index is -0.0000000417. The van der Waals surface area contributed by atoms with Crippen molar-refractivity contribution in [3.05, 3.63) is 0 Å². The molecule has 0 bridgehead atoms. The zero-order valence-electron chi connectivity index (χ0n) is 3.33. The van der Waals surface area contributed by atoms with Crippen LogP contribution in [0.4, 0.5) is 0 Å². The van der Waals surface area contributed by atoms with Crippen molar-refractivity contribution in [2.75, 3.05) is 13.2 Å². The summed E-state index contributed by atoms with van der Waals surface area (Å²) in [4.78, 5) is 0. The monoisotopic (exact) mass is 98.1 g/mol. The van der Waals surface area contributed by atoms with E-state index >= 15 is 0 Å². The molecule has 0 unspecified atom stereocenters. The molecule has 0 amide bonds. The van der Waals surface area contributed by atoms with Gasteiger partial charge in [0.2, 0.25) is 0 Å². The summed E-state index contributed by atoms with van der Waals surface area (Å²) >= 11 is 0. The van der Waals surface area contributed by atoms with E-state index in [0.29, 0.717) is 0 Å². The van der Waals surface area contributed by atoms with Gasteiger partial charge in [-0.05, 0) is 0 Å². The summed E-state index contributed by atoms with van der Waals surface area (Å²) in [5, 5.41) is 24.0. The molecule has 3 N–H and O–H groups in total. The minimum Gasteiger partial charge on any atom is -0.394 e. The molecule has 0 aromatic heterocycles. The van der Waals surface area contributed by atoms with E-state index in [1.807, 2.05) is 0 Å². The molecule has 3 heteroatoms. The topological polar surface area (TPSA) is 60.7 Å². The Labute approximate surface area is 40.3 Å². The van der Waals surface area contributed by atoms with E-state index in [9.17, 15) is 0 Å². The lowest BCUT2D eigenvalue weighted by atomic mass is 10.4. The number of aliphatic hydroxyl groups excluding tert-OH is 3. The van der Waals surface area contributed by atoms with E-state index < -0.39 is 6.10 Å². The summed E-state index contributed by atoms with van der Waals surface area (Å²) in [6.45, 7) is -0.729. The van der Waals surface area contributed by atoms with Crippen LogP contribution in [0.25, 0.3) is 0 Å². The number of hydrogen-bond acceptors (Lipinski definition) is 3. The first-order valence-electron chi connectivity index (χ1n) is 1.71. The van der Waals surface area contributed by atoms with Gasteiger partial charge in [0.1, 0.15) is 6.10 Å². The molecule has 0 saturated heterocycles. The Hall–Kier alpha value is -0.120. The van der Waals surface area contributed by atoms with Crippen LogP contribution in [-0.2, 0) is 0 Å². The lowest BCUT2D eigenvalue weighted by Crippen LogP contribution is -2.15. The van der Waals surface area contributed by atoms with Gasteiger partial charge in [-0.2, -0.15) is 0 Å². The fourth-order valence-electron chi connectivity index (χ4n) is 0.0577. The van der Waals surface area contributed by atoms with Crippen LogP contribution >= 0.6 is 0 Å². The maximum absolute atomic E-state index is 8.17. The Morgan fingerprint density at radius 3 is 1.67 bits per heavy atom. The van der Waals surface area contributed by atoms with Crippen molar-refractivity contribution >= 4 is 0 Å². The molecule has 0 saturated carbocycles. The first-order chi connectivity index (χ1) is 2.81. The lowest BCUT2D eigenvalue weighted by molar-refractivity contribution is 0.0450. The summed E-state index contributed by atoms with van der Waals surface area (Å²) in [6, 6.07) is 0. The van der Waals surface area contributed by atoms with E-state index in [1.54, 1.807) is 0 Å². The van der Waals surface area contributed by atoms with Crippen molar-refractivity contribution in [3.63, 3.8) is 0 Å². The Bertz CT molecular complexity index is 33.5. The van der Waals surface area contributed by atoms with Crippen LogP contribution < -0.4 is 0 Å². The molecule has 3 nitrogen and oxygen atoms in total. The highest BCUT2D eigenvalue weighted by Gasteiger charge is 1.93. The van der Waals surface area contributed by atoms with Gasteiger partial charge in [-0.3, -0.25) is 0 Å². The van der Waals surface area contributed by atoms with Gasteiger partial charge in [0.05, 0.1) is 13.2 Å². The first-order valence-corrected chi connectivity index (χ1v) is 1.71. The number of hydrogen-bond donors (Lipinski definition) is 3. The molecule has 0 aromatic carbocycles. The minimum absolute atomic E-state index is 0. The summed E-state index contributed by atoms with van der Waals surface area (Å²) in [5.41, 5.74) is 0. The molecule has 0 atom stereocenters. The molecule has 0 spiro atoms. The van der Waals surface area contributed by atoms with Crippen molar-refractivity contribution < 1.29 is 19.6 Å². The fraction of sp³-hybridized carbons (Fsp3) is 1.00. The Kier molecular flexibility index (Phi) is 3.02. The van der Waals surface area contributed by atoms with Crippen molar-refractivity contribution in [2.45, 2.75) is 6.10 Å². The standard InChI is InChI=1S/C3H8O3.3H2/c4-1-3(6)2-5;;;/h3-6H,1-2H2;3*1H. The third-order valence-electron chi connectivity index (χ3n) is 0.421. The van der Waals surface area contributed by atoms with Crippen molar-refractivity contribution in [1.82, 2.24) is 0 Å². The molecular weight excluding hydrogens is 84.0 g/mol. The lowest BCUT2D eigenvalue weighted by Gasteiger charge is -1.96. The van der Waals surface area contributed by atoms with Gasteiger partial charge in [0, 0.05) is 4.28 Å². The van der Waals surface area contributed by atoms with Gasteiger partial charge >= 0.3 is 0 Å². The zero-order chi connectivity index (χ0) is 4.99. The predicted molar refractivity (Wildman–Crippen MR) is 26.5 cm³/mol. The van der Waals surface area contributed by atoms with Crippen LogP contribution in [0.3, 0.4) is 0 Å². The molecule has 0 rings (SSSR count). The highest BCUT2D eigenvalue weighted by molar-refractivity contribution is 4.43. The summed E-state index contributed by atoms with van der Waals surface area (Å²) in [7, 11) is 0. The zero-order valence-corrected chi connectivity index (χ0v) is 3.33. The molecule has 6 heavy (non-hydrogen) atoms. The van der Waals surface area contributed by atoms with Crippen LogP contribution in [0.2, 0.25) is 0 Å². The fourth-order valence-corrected chi connectivity index (χ4v) is 0.0577. The molecule has 0 fully saturated rings. The molecule has 0 aromatic rings. The molecule has 0 radical (unpaired) electrons. The third kappa shape index (κ3) is 2.14. The highest BCUT2D eigenvalue weighted by Crippen LogP contribution is 1.71. The first kappa shape index (κ1) is 5.88. The van der Waals surface area contributed by atoms with Gasteiger partial charge in [0.15, 0.2) is 0 Å². The van der Waals surface area contributed by atoms with Crippen LogP contribution in [0.15, 0.2) is 0 Å². The largest absolute Gasteiger partial charge is 0.394 e. The van der Waals surface area contributed by atoms with Gasteiger partial charge in [-0.25, -0.2) is 0 Å². The average Bonchev–Trinajstić information content (AvgIpc) is 1.65. The molecule has 0 aliphatic heterocycles. The van der Waals surface area contributed by atoms with E-state index in [0.717, 1.165) is 0 Å². The van der Waals surface area contributed by atoms with Gasteiger partial charge in [-0.15, -0.1) is 0 Å². The van der Waals surface area contributed by atoms with Crippen LogP contribution in [-0.4, -0.2) is 34.6 Å². The van der Waals surface area contributed by atoms with Crippen LogP contribution in [0.5, 0.6) is 0 Å². The molecule has 0 heterocycles. The number of rotatable bonds is 2. The maximum atomic E-state index is 8.17. The van der Waals surface area contributed by atoms with Crippen LogP contribution in [0.1, 0.15) is 4.28 Å². The predicted octanol–water partition coefficient (Wildman–Crippen LogP) is -0.930. The van der Waals surface area contributed by atoms with E-state index in [2.05, 4.69) is 0 Å². The van der Waals surface area contributed by atoms with Gasteiger partial charge < -0.3 is 15.3 Å². The molecule has 0 aliphatic carbocycles. The Morgan fingerprint density at radius 1 is 1.33 bits per heavy atom. The van der Waals surface area contributed by atoms with Crippen LogP contribution in [0, 0.1) is 0 Å². The summed E-state index contributed by atoms with van der Waals surface area (Å²) in [6.07, 6.45) is -0.954. The van der Waals surface area contributed by atoms with Gasteiger partial charge in [0.25, 0.3) is 0 Å². The number of aliphatic hydroxyl groups is 3. The molecule has 44 valence electrons. The average molecular weight is 98.1 g/mol. The van der Waals surface area contributed by atoms with E-state index in [1.165, 1.54) is 0 Å². The quantitative estimate of drug-likeness (QED) is 0.418. The van der Waals surface area contributed by atoms with Gasteiger partial charge in [-0.1, -0.05) is 0 Å². The third-order valence-corrected chi connectivity index (χ3v) is 0.421. The van der Waals surface area contributed by atoms with E-state index in [4.69, 9.17) is 15.3 Å². The van der Waals surface area contributed by atoms with E-state index in [-0.39, 0.29) is 17.5 Å². The SMILES string of the molecule is OCC(O)CO.[HH].[HH].[HH]. The second kappa shape index (κ2) is 3.08. The van der Waals surface area contributed by atoms with Crippen molar-refractivity contribution in [3.8, 4) is 0 Å². The normalized spacial score (nSPS) is 10.0. The second-order valence-corrected chi connectivity index (χ2v) is 1.02. The highest BCUT2D eigenvalue weighted by atomic mass is 16.3. The van der Waals surface area contributed by atoms with Crippen molar-refractivity contribution in [1.29, 1.82) is 0 Å². The Morgan fingerprint density at radius 2 is 1.67 bits per heavy atom. The second-order valence-electron chi connectivity index (χ2n) is 1.02. The van der Waals surface area contributed by atoms with Crippen molar-refractivity contribution in [2.24, 2.45) is 0 Å². The summed E-state index contributed by atoms with van der Waals surface area (Å²) < 4.78 is 0.